The Morgan fingerprint density at radius 2 is 1.75 bits per heavy atom. The lowest BCUT2D eigenvalue weighted by Crippen LogP contribution is -2.10. The first-order valence-corrected chi connectivity index (χ1v) is 5.46. The molecule has 4 N–H and O–H groups in total. The molecule has 0 saturated carbocycles. The van der Waals surface area contributed by atoms with Gasteiger partial charge in [0.25, 0.3) is 0 Å². The maximum absolute atomic E-state index is 9.44. The third-order valence-corrected chi connectivity index (χ3v) is 1.93. The predicted octanol–water partition coefficient (Wildman–Crippen LogP) is -1.03. The van der Waals surface area contributed by atoms with Gasteiger partial charge in [-0.1, -0.05) is 0 Å². The zero-order valence-corrected chi connectivity index (χ0v) is 8.48. The third kappa shape index (κ3) is 22.5. The molecular formula is C3H13NO6P2. The summed E-state index contributed by atoms with van der Waals surface area (Å²) >= 11 is 0. The Labute approximate surface area is 71.3 Å². The first-order valence-electron chi connectivity index (χ1n) is 2.93. The van der Waals surface area contributed by atoms with Gasteiger partial charge in [-0.2, -0.15) is 0 Å². The normalized spacial score (nSPS) is 14.3. The molecule has 2 atom stereocenters. The van der Waals surface area contributed by atoms with Crippen LogP contribution in [-0.2, 0) is 13.4 Å². The summed E-state index contributed by atoms with van der Waals surface area (Å²) < 4.78 is 22.3. The highest BCUT2D eigenvalue weighted by Gasteiger charge is 1.93. The topological polar surface area (TPSA) is 116 Å². The van der Waals surface area contributed by atoms with Crippen molar-refractivity contribution in [3.05, 3.63) is 0 Å². The Bertz CT molecular complexity index is 127. The molecule has 0 amide bonds. The fraction of sp³-hybridized carbons (Fsp3) is 1.00. The number of likely N-dealkylation sites (N-methyl/N-ethyl adjacent to an activating group) is 1. The minimum absolute atomic E-state index is 0.233. The van der Waals surface area contributed by atoms with Crippen LogP contribution >= 0.6 is 16.5 Å². The van der Waals surface area contributed by atoms with E-state index < -0.39 is 16.5 Å². The highest BCUT2D eigenvalue weighted by atomic mass is 31.2. The molecule has 9 heteroatoms. The van der Waals surface area contributed by atoms with Gasteiger partial charge in [0.15, 0.2) is 0 Å². The number of aliphatic hydroxyl groups excluding tert-OH is 1. The van der Waals surface area contributed by atoms with Gasteiger partial charge in [0, 0.05) is 6.54 Å². The van der Waals surface area contributed by atoms with Crippen molar-refractivity contribution >= 4 is 16.5 Å². The molecule has 0 heterocycles. The van der Waals surface area contributed by atoms with Gasteiger partial charge in [-0.25, -0.2) is 4.31 Å². The van der Waals surface area contributed by atoms with Crippen LogP contribution in [0.5, 0.6) is 0 Å². The van der Waals surface area contributed by atoms with Crippen LogP contribution in [0.3, 0.4) is 0 Å². The first-order chi connectivity index (χ1) is 5.54. The molecular weight excluding hydrogens is 208 g/mol. The largest absolute Gasteiger partial charge is 0.395 e. The van der Waals surface area contributed by atoms with Crippen LogP contribution in [0.25, 0.3) is 0 Å². The van der Waals surface area contributed by atoms with Crippen LogP contribution in [0.2, 0.25) is 0 Å². The van der Waals surface area contributed by atoms with Crippen molar-refractivity contribution < 1.29 is 28.3 Å². The third-order valence-electron chi connectivity index (χ3n) is 0.536. The second kappa shape index (κ2) is 11.3. The molecule has 0 aromatic heterocycles. The Hall–Kier alpha value is 0.260. The molecule has 0 bridgehead atoms. The first kappa shape index (κ1) is 14.8. The predicted molar refractivity (Wildman–Crippen MR) is 44.5 cm³/mol. The molecule has 0 aliphatic heterocycles. The maximum Gasteiger partial charge on any atom is 0.323 e. The van der Waals surface area contributed by atoms with Gasteiger partial charge in [0.2, 0.25) is 0 Å². The Balaban J connectivity index is 0. The summed E-state index contributed by atoms with van der Waals surface area (Å²) in [6, 6.07) is 0. The standard InChI is InChI=1S/C3H9NO.H4O5P2/c1-4-2-3-5;1-6(2)5-7(3)4/h4-5H,2-3H2,1H3;6-7H,(H,1,2)(H,3,4). The Morgan fingerprint density at radius 3 is 1.75 bits per heavy atom. The van der Waals surface area contributed by atoms with Gasteiger partial charge in [-0.3, -0.25) is 9.13 Å². The zero-order chi connectivity index (χ0) is 9.98. The lowest BCUT2D eigenvalue weighted by Gasteiger charge is -1.86. The van der Waals surface area contributed by atoms with Gasteiger partial charge in [0.1, 0.15) is 0 Å². The van der Waals surface area contributed by atoms with Crippen LogP contribution in [0.4, 0.5) is 0 Å². The van der Waals surface area contributed by atoms with Gasteiger partial charge in [0.05, 0.1) is 6.61 Å². The molecule has 76 valence electrons. The van der Waals surface area contributed by atoms with E-state index in [1.807, 2.05) is 0 Å². The average molecular weight is 221 g/mol. The van der Waals surface area contributed by atoms with E-state index >= 15 is 0 Å². The molecule has 0 aliphatic rings. The van der Waals surface area contributed by atoms with E-state index in [1.165, 1.54) is 0 Å². The average Bonchev–Trinajstić information content (AvgIpc) is 1.87. The lowest BCUT2D eigenvalue weighted by molar-refractivity contribution is 0.296. The molecule has 0 saturated heterocycles. The van der Waals surface area contributed by atoms with E-state index in [-0.39, 0.29) is 6.61 Å². The van der Waals surface area contributed by atoms with Crippen molar-refractivity contribution in [2.75, 3.05) is 20.2 Å². The number of rotatable bonds is 4. The molecule has 2 unspecified atom stereocenters. The highest BCUT2D eigenvalue weighted by molar-refractivity contribution is 7.46. The summed E-state index contributed by atoms with van der Waals surface area (Å²) in [6.07, 6.45) is 0. The fourth-order valence-electron chi connectivity index (χ4n) is 0.186. The summed E-state index contributed by atoms with van der Waals surface area (Å²) in [7, 11) is -4.60. The summed E-state index contributed by atoms with van der Waals surface area (Å²) in [4.78, 5) is 15.4. The smallest absolute Gasteiger partial charge is 0.323 e. The summed E-state index contributed by atoms with van der Waals surface area (Å²) in [6.45, 7) is 0.927. The second-order valence-electron chi connectivity index (χ2n) is 1.46. The summed E-state index contributed by atoms with van der Waals surface area (Å²) in [5.74, 6) is 0. The molecule has 0 aromatic rings. The minimum Gasteiger partial charge on any atom is -0.395 e. The van der Waals surface area contributed by atoms with Crippen LogP contribution < -0.4 is 5.32 Å². The van der Waals surface area contributed by atoms with Crippen LogP contribution in [0.15, 0.2) is 0 Å². The Morgan fingerprint density at radius 1 is 1.33 bits per heavy atom. The van der Waals surface area contributed by atoms with E-state index in [0.717, 1.165) is 0 Å². The van der Waals surface area contributed by atoms with E-state index in [1.54, 1.807) is 7.05 Å². The van der Waals surface area contributed by atoms with Crippen molar-refractivity contribution in [2.24, 2.45) is 0 Å². The van der Waals surface area contributed by atoms with Crippen molar-refractivity contribution in [3.8, 4) is 0 Å². The van der Waals surface area contributed by atoms with Gasteiger partial charge in [-0.05, 0) is 7.05 Å². The molecule has 0 radical (unpaired) electrons. The fourth-order valence-corrected chi connectivity index (χ4v) is 0.784. The highest BCUT2D eigenvalue weighted by Crippen LogP contribution is 2.30. The Kier molecular flexibility index (Phi) is 13.9. The van der Waals surface area contributed by atoms with E-state index in [9.17, 15) is 9.13 Å². The number of nitrogens with one attached hydrogen (secondary N) is 1. The van der Waals surface area contributed by atoms with E-state index in [4.69, 9.17) is 14.9 Å². The quantitative estimate of drug-likeness (QED) is 0.448. The summed E-state index contributed by atoms with van der Waals surface area (Å²) in [5.41, 5.74) is 0. The van der Waals surface area contributed by atoms with Gasteiger partial charge in [-0.15, -0.1) is 0 Å². The molecule has 0 aliphatic carbocycles. The molecule has 7 nitrogen and oxygen atoms in total. The van der Waals surface area contributed by atoms with E-state index in [0.29, 0.717) is 6.54 Å². The van der Waals surface area contributed by atoms with Crippen LogP contribution in [0.1, 0.15) is 0 Å². The van der Waals surface area contributed by atoms with Crippen molar-refractivity contribution in [1.82, 2.24) is 5.32 Å². The molecule has 0 rings (SSSR count). The van der Waals surface area contributed by atoms with Crippen LogP contribution in [0, 0.1) is 0 Å². The van der Waals surface area contributed by atoms with Crippen LogP contribution in [-0.4, -0.2) is 35.1 Å². The van der Waals surface area contributed by atoms with Gasteiger partial charge >= 0.3 is 16.5 Å². The van der Waals surface area contributed by atoms with Crippen molar-refractivity contribution in [2.45, 2.75) is 0 Å². The van der Waals surface area contributed by atoms with Crippen molar-refractivity contribution in [1.29, 1.82) is 0 Å². The second-order valence-corrected chi connectivity index (χ2v) is 3.34. The lowest BCUT2D eigenvalue weighted by atomic mass is 10.7. The van der Waals surface area contributed by atoms with Gasteiger partial charge < -0.3 is 20.2 Å². The zero-order valence-electron chi connectivity index (χ0n) is 6.48. The number of aliphatic hydroxyl groups is 1. The number of hydrogen-bond donors (Lipinski definition) is 4. The minimum atomic E-state index is -3.20. The van der Waals surface area contributed by atoms with E-state index in [2.05, 4.69) is 9.63 Å². The maximum atomic E-state index is 9.44. The molecule has 0 spiro atoms. The molecule has 0 aromatic carbocycles. The van der Waals surface area contributed by atoms with Crippen molar-refractivity contribution in [3.63, 3.8) is 0 Å². The number of hydrogen-bond acceptors (Lipinski definition) is 5. The SMILES string of the molecule is CNCCO.O=[PH](O)O[PH](=O)O. The monoisotopic (exact) mass is 221 g/mol. The molecule has 12 heavy (non-hydrogen) atoms. The summed E-state index contributed by atoms with van der Waals surface area (Å²) in [5, 5.41) is 10.8. The molecule has 0 fully saturated rings.